The van der Waals surface area contributed by atoms with Gasteiger partial charge in [-0.05, 0) is 55.3 Å². The Hall–Kier alpha value is -3.66. The number of ether oxygens (including phenoxy) is 1. The fourth-order valence-corrected chi connectivity index (χ4v) is 6.13. The maximum atomic E-state index is 13.1. The number of H-pyrrole nitrogens is 1. The molecule has 0 unspecified atom stereocenters. The third-order valence-corrected chi connectivity index (χ3v) is 8.75. The number of aromatic nitrogens is 2. The largest absolute Gasteiger partial charge is 0.497 e. The Bertz CT molecular complexity index is 1510. The van der Waals surface area contributed by atoms with Crippen LogP contribution >= 0.6 is 0 Å². The van der Waals surface area contributed by atoms with Gasteiger partial charge in [0, 0.05) is 56.0 Å². The molecule has 1 fully saturated rings. The maximum Gasteiger partial charge on any atom is 0.279 e. The molecule has 204 valence electrons. The molecule has 1 aliphatic rings. The maximum absolute atomic E-state index is 13.1. The van der Waals surface area contributed by atoms with Crippen LogP contribution in [0.4, 0.5) is 5.69 Å². The molecule has 5 rings (SSSR count). The van der Waals surface area contributed by atoms with Crippen molar-refractivity contribution in [3.63, 3.8) is 0 Å². The van der Waals surface area contributed by atoms with Gasteiger partial charge in [-0.25, -0.2) is 9.71 Å². The number of methoxy groups -OCH3 is 1. The SMILES string of the molecule is COc1ccc(-c2[nH]c(-c3ccccc3)nc2CCNS(=O)(=O)N2CCN(c3cc(C)ccc3C)CC2)cc1. The Kier molecular flexibility index (Phi) is 8.02. The Morgan fingerprint density at radius 2 is 1.64 bits per heavy atom. The minimum absolute atomic E-state index is 0.252. The molecule has 4 aromatic rings. The summed E-state index contributed by atoms with van der Waals surface area (Å²) in [7, 11) is -1.97. The fraction of sp³-hybridized carbons (Fsp3) is 0.300. The number of piperazine rings is 1. The fourth-order valence-electron chi connectivity index (χ4n) is 4.94. The van der Waals surface area contributed by atoms with Crippen LogP contribution in [0.2, 0.25) is 0 Å². The Morgan fingerprint density at radius 3 is 2.33 bits per heavy atom. The molecule has 39 heavy (non-hydrogen) atoms. The average Bonchev–Trinajstić information content (AvgIpc) is 3.39. The highest BCUT2D eigenvalue weighted by Gasteiger charge is 2.27. The van der Waals surface area contributed by atoms with Crippen LogP contribution in [0.3, 0.4) is 0 Å². The van der Waals surface area contributed by atoms with Gasteiger partial charge in [0.15, 0.2) is 0 Å². The molecule has 1 aromatic heterocycles. The van der Waals surface area contributed by atoms with Crippen molar-refractivity contribution in [1.29, 1.82) is 0 Å². The van der Waals surface area contributed by atoms with E-state index in [0.29, 0.717) is 32.6 Å². The number of anilines is 1. The first-order valence-corrected chi connectivity index (χ1v) is 14.6. The normalized spacial score (nSPS) is 14.5. The van der Waals surface area contributed by atoms with Crippen molar-refractivity contribution in [2.24, 2.45) is 0 Å². The highest BCUT2D eigenvalue weighted by Crippen LogP contribution is 2.28. The third-order valence-electron chi connectivity index (χ3n) is 7.13. The first-order valence-electron chi connectivity index (χ1n) is 13.2. The lowest BCUT2D eigenvalue weighted by Crippen LogP contribution is -2.52. The van der Waals surface area contributed by atoms with E-state index in [0.717, 1.165) is 34.1 Å². The summed E-state index contributed by atoms with van der Waals surface area (Å²) in [5.41, 5.74) is 7.21. The van der Waals surface area contributed by atoms with Crippen molar-refractivity contribution in [2.75, 3.05) is 44.7 Å². The van der Waals surface area contributed by atoms with E-state index in [2.05, 4.69) is 46.7 Å². The lowest BCUT2D eigenvalue weighted by Gasteiger charge is -2.36. The summed E-state index contributed by atoms with van der Waals surface area (Å²) in [6.07, 6.45) is 0.451. The third kappa shape index (κ3) is 6.16. The summed E-state index contributed by atoms with van der Waals surface area (Å²) in [6.45, 7) is 6.63. The van der Waals surface area contributed by atoms with E-state index < -0.39 is 10.2 Å². The highest BCUT2D eigenvalue weighted by molar-refractivity contribution is 7.87. The van der Waals surface area contributed by atoms with E-state index in [4.69, 9.17) is 9.72 Å². The van der Waals surface area contributed by atoms with Gasteiger partial charge < -0.3 is 14.6 Å². The van der Waals surface area contributed by atoms with E-state index >= 15 is 0 Å². The summed E-state index contributed by atoms with van der Waals surface area (Å²) >= 11 is 0. The number of hydrogen-bond donors (Lipinski definition) is 2. The first kappa shape index (κ1) is 26.9. The van der Waals surface area contributed by atoms with Crippen LogP contribution in [-0.2, 0) is 16.6 Å². The smallest absolute Gasteiger partial charge is 0.279 e. The molecular weight excluding hydrogens is 510 g/mol. The molecule has 0 atom stereocenters. The summed E-state index contributed by atoms with van der Waals surface area (Å²) < 4.78 is 35.9. The number of hydrogen-bond acceptors (Lipinski definition) is 5. The summed E-state index contributed by atoms with van der Waals surface area (Å²) in [5, 5.41) is 0. The van der Waals surface area contributed by atoms with Crippen LogP contribution in [0.25, 0.3) is 22.6 Å². The minimum atomic E-state index is -3.61. The number of benzene rings is 3. The number of aryl methyl sites for hydroxylation is 2. The van der Waals surface area contributed by atoms with Crippen LogP contribution in [0.1, 0.15) is 16.8 Å². The number of aromatic amines is 1. The van der Waals surface area contributed by atoms with E-state index in [9.17, 15) is 8.42 Å². The van der Waals surface area contributed by atoms with Gasteiger partial charge >= 0.3 is 0 Å². The Labute approximate surface area is 230 Å². The van der Waals surface area contributed by atoms with Crippen molar-refractivity contribution in [1.82, 2.24) is 19.0 Å². The van der Waals surface area contributed by atoms with Gasteiger partial charge in [-0.3, -0.25) is 0 Å². The predicted octanol–water partition coefficient (Wildman–Crippen LogP) is 4.57. The topological polar surface area (TPSA) is 90.6 Å². The lowest BCUT2D eigenvalue weighted by atomic mass is 10.1. The van der Waals surface area contributed by atoms with E-state index in [1.165, 1.54) is 16.8 Å². The molecule has 0 bridgehead atoms. The molecule has 0 saturated carbocycles. The Morgan fingerprint density at radius 1 is 0.923 bits per heavy atom. The minimum Gasteiger partial charge on any atom is -0.497 e. The van der Waals surface area contributed by atoms with E-state index in [1.54, 1.807) is 11.4 Å². The van der Waals surface area contributed by atoms with Gasteiger partial charge in [-0.15, -0.1) is 0 Å². The average molecular weight is 546 g/mol. The first-order chi connectivity index (χ1) is 18.8. The molecule has 0 aliphatic carbocycles. The molecule has 8 nitrogen and oxygen atoms in total. The zero-order valence-corrected chi connectivity index (χ0v) is 23.5. The summed E-state index contributed by atoms with van der Waals surface area (Å²) in [4.78, 5) is 10.6. The highest BCUT2D eigenvalue weighted by atomic mass is 32.2. The number of nitrogens with zero attached hydrogens (tertiary/aromatic N) is 3. The number of imidazole rings is 1. The Balaban J connectivity index is 1.26. The van der Waals surface area contributed by atoms with E-state index in [-0.39, 0.29) is 6.54 Å². The number of rotatable bonds is 9. The van der Waals surface area contributed by atoms with Crippen molar-refractivity contribution < 1.29 is 13.2 Å². The van der Waals surface area contributed by atoms with Crippen LogP contribution in [-0.4, -0.2) is 62.5 Å². The predicted molar refractivity (Wildman–Crippen MR) is 156 cm³/mol. The standard InChI is InChI=1S/C30H35N5O3S/c1-22-9-10-23(2)28(21-22)34-17-19-35(20-18-34)39(36,37)31-16-15-27-29(24-11-13-26(38-3)14-12-24)33-30(32-27)25-7-5-4-6-8-25/h4-14,21,31H,15-20H2,1-3H3,(H,32,33). The van der Waals surface area contributed by atoms with E-state index in [1.807, 2.05) is 54.6 Å². The van der Waals surface area contributed by atoms with Gasteiger partial charge in [-0.1, -0.05) is 42.5 Å². The summed E-state index contributed by atoms with van der Waals surface area (Å²) in [6, 6.07) is 24.1. The molecule has 1 aliphatic heterocycles. The van der Waals surface area contributed by atoms with Crippen LogP contribution < -0.4 is 14.4 Å². The van der Waals surface area contributed by atoms with Gasteiger partial charge in [0.2, 0.25) is 0 Å². The molecule has 0 spiro atoms. The van der Waals surface area contributed by atoms with Crippen LogP contribution in [0, 0.1) is 13.8 Å². The van der Waals surface area contributed by atoms with Crippen LogP contribution in [0.5, 0.6) is 5.75 Å². The molecular formula is C30H35N5O3S. The van der Waals surface area contributed by atoms with Crippen molar-refractivity contribution in [3.05, 3.63) is 89.6 Å². The monoisotopic (exact) mass is 545 g/mol. The molecule has 3 aromatic carbocycles. The zero-order valence-electron chi connectivity index (χ0n) is 22.6. The molecule has 0 radical (unpaired) electrons. The van der Waals surface area contributed by atoms with Gasteiger partial charge in [0.05, 0.1) is 18.5 Å². The quantitative estimate of drug-likeness (QED) is 0.322. The van der Waals surface area contributed by atoms with Gasteiger partial charge in [0.25, 0.3) is 10.2 Å². The van der Waals surface area contributed by atoms with Crippen molar-refractivity contribution in [3.8, 4) is 28.4 Å². The van der Waals surface area contributed by atoms with Gasteiger partial charge in [-0.2, -0.15) is 12.7 Å². The van der Waals surface area contributed by atoms with Crippen LogP contribution in [0.15, 0.2) is 72.8 Å². The zero-order chi connectivity index (χ0) is 27.4. The lowest BCUT2D eigenvalue weighted by molar-refractivity contribution is 0.378. The molecule has 9 heteroatoms. The van der Waals surface area contributed by atoms with Gasteiger partial charge in [0.1, 0.15) is 11.6 Å². The summed E-state index contributed by atoms with van der Waals surface area (Å²) in [5.74, 6) is 1.52. The second kappa shape index (κ2) is 11.6. The number of nitrogens with one attached hydrogen (secondary N) is 2. The van der Waals surface area contributed by atoms with Crippen molar-refractivity contribution in [2.45, 2.75) is 20.3 Å². The van der Waals surface area contributed by atoms with Crippen molar-refractivity contribution >= 4 is 15.9 Å². The molecule has 2 heterocycles. The molecule has 2 N–H and O–H groups in total. The molecule has 1 saturated heterocycles. The second-order valence-corrected chi connectivity index (χ2v) is 11.6. The molecule has 0 amide bonds. The second-order valence-electron chi connectivity index (χ2n) is 9.83.